The van der Waals surface area contributed by atoms with Gasteiger partial charge in [0.05, 0.1) is 11.6 Å². The molecule has 2 aromatic heterocycles. The number of aromatic nitrogens is 3. The summed E-state index contributed by atoms with van der Waals surface area (Å²) in [6.45, 7) is 0.287. The normalized spacial score (nSPS) is 10.6. The van der Waals surface area contributed by atoms with E-state index in [4.69, 9.17) is 5.26 Å². The maximum atomic E-state index is 13.7. The van der Waals surface area contributed by atoms with E-state index < -0.39 is 11.6 Å². The summed E-state index contributed by atoms with van der Waals surface area (Å²) in [5.74, 6) is -0.886. The molecule has 2 heterocycles. The third-order valence-electron chi connectivity index (χ3n) is 3.21. The van der Waals surface area contributed by atoms with Crippen LogP contribution in [-0.2, 0) is 6.42 Å². The standard InChI is InChI=1S/C15H11F2N5/c16-11-7-10(9-18)8-12(17)15(11)19-5-4-14-21-20-13-3-1-2-6-22(13)14/h1-3,6-8,19H,4-5H2. The van der Waals surface area contributed by atoms with E-state index in [9.17, 15) is 8.78 Å². The highest BCUT2D eigenvalue weighted by molar-refractivity contribution is 5.50. The lowest BCUT2D eigenvalue weighted by Crippen LogP contribution is -2.10. The van der Waals surface area contributed by atoms with Gasteiger partial charge in [-0.2, -0.15) is 5.26 Å². The molecule has 7 heteroatoms. The maximum Gasteiger partial charge on any atom is 0.160 e. The number of hydrogen-bond acceptors (Lipinski definition) is 4. The minimum atomic E-state index is -0.789. The second-order valence-corrected chi connectivity index (χ2v) is 4.65. The first kappa shape index (κ1) is 13.9. The van der Waals surface area contributed by atoms with Crippen LogP contribution in [0.15, 0.2) is 36.5 Å². The summed E-state index contributed by atoms with van der Waals surface area (Å²) >= 11 is 0. The van der Waals surface area contributed by atoms with Crippen LogP contribution in [0, 0.1) is 23.0 Å². The van der Waals surface area contributed by atoms with Crippen molar-refractivity contribution in [1.82, 2.24) is 14.6 Å². The van der Waals surface area contributed by atoms with E-state index in [0.717, 1.165) is 12.1 Å². The van der Waals surface area contributed by atoms with E-state index in [1.165, 1.54) is 0 Å². The molecule has 3 aromatic rings. The van der Waals surface area contributed by atoms with Crippen LogP contribution in [0.5, 0.6) is 0 Å². The highest BCUT2D eigenvalue weighted by Gasteiger charge is 2.11. The Labute approximate surface area is 124 Å². The highest BCUT2D eigenvalue weighted by atomic mass is 19.1. The Morgan fingerprint density at radius 2 is 1.95 bits per heavy atom. The van der Waals surface area contributed by atoms with Crippen molar-refractivity contribution in [1.29, 1.82) is 5.26 Å². The topological polar surface area (TPSA) is 66.0 Å². The predicted octanol–water partition coefficient (Wildman–Crippen LogP) is 2.53. The Kier molecular flexibility index (Phi) is 3.66. The van der Waals surface area contributed by atoms with Crippen molar-refractivity contribution in [3.63, 3.8) is 0 Å². The van der Waals surface area contributed by atoms with Gasteiger partial charge in [0, 0.05) is 19.2 Å². The zero-order valence-corrected chi connectivity index (χ0v) is 11.4. The Hall–Kier alpha value is -3.01. The second kappa shape index (κ2) is 5.77. The van der Waals surface area contributed by atoms with Gasteiger partial charge >= 0.3 is 0 Å². The Morgan fingerprint density at radius 1 is 1.18 bits per heavy atom. The molecule has 0 saturated heterocycles. The van der Waals surface area contributed by atoms with E-state index in [1.54, 1.807) is 6.07 Å². The number of benzene rings is 1. The summed E-state index contributed by atoms with van der Waals surface area (Å²) in [4.78, 5) is 0. The zero-order chi connectivity index (χ0) is 15.5. The van der Waals surface area contributed by atoms with Gasteiger partial charge < -0.3 is 5.32 Å². The molecule has 1 aromatic carbocycles. The van der Waals surface area contributed by atoms with Crippen molar-refractivity contribution in [3.8, 4) is 6.07 Å². The summed E-state index contributed by atoms with van der Waals surface area (Å²) in [6, 6.07) is 9.23. The average molecular weight is 299 g/mol. The van der Waals surface area contributed by atoms with E-state index in [2.05, 4.69) is 15.5 Å². The third kappa shape index (κ3) is 2.59. The summed E-state index contributed by atoms with van der Waals surface area (Å²) in [7, 11) is 0. The number of anilines is 1. The number of rotatable bonds is 4. The molecule has 0 bridgehead atoms. The van der Waals surface area contributed by atoms with Crippen LogP contribution in [0.4, 0.5) is 14.5 Å². The lowest BCUT2D eigenvalue weighted by molar-refractivity contribution is 0.587. The van der Waals surface area contributed by atoms with Crippen molar-refractivity contribution in [2.45, 2.75) is 6.42 Å². The lowest BCUT2D eigenvalue weighted by atomic mass is 10.2. The summed E-state index contributed by atoms with van der Waals surface area (Å²) in [6.07, 6.45) is 2.28. The van der Waals surface area contributed by atoms with Crippen LogP contribution < -0.4 is 5.32 Å². The number of nitriles is 1. The molecule has 0 aliphatic carbocycles. The van der Waals surface area contributed by atoms with E-state index in [0.29, 0.717) is 17.9 Å². The van der Waals surface area contributed by atoms with Gasteiger partial charge in [0.15, 0.2) is 17.3 Å². The van der Waals surface area contributed by atoms with Crippen molar-refractivity contribution in [2.75, 3.05) is 11.9 Å². The molecule has 0 amide bonds. The summed E-state index contributed by atoms with van der Waals surface area (Å²) < 4.78 is 29.3. The van der Waals surface area contributed by atoms with Crippen molar-refractivity contribution in [3.05, 3.63) is 59.6 Å². The summed E-state index contributed by atoms with van der Waals surface area (Å²) in [5.41, 5.74) is 0.421. The van der Waals surface area contributed by atoms with Gasteiger partial charge in [-0.05, 0) is 24.3 Å². The molecule has 0 saturated carbocycles. The first-order chi connectivity index (χ1) is 10.7. The predicted molar refractivity (Wildman–Crippen MR) is 76.3 cm³/mol. The van der Waals surface area contributed by atoms with Gasteiger partial charge in [-0.25, -0.2) is 8.78 Å². The molecular weight excluding hydrogens is 288 g/mol. The molecule has 0 unspecified atom stereocenters. The number of pyridine rings is 1. The molecule has 0 radical (unpaired) electrons. The largest absolute Gasteiger partial charge is 0.380 e. The van der Waals surface area contributed by atoms with Crippen LogP contribution in [0.1, 0.15) is 11.4 Å². The van der Waals surface area contributed by atoms with Crippen molar-refractivity contribution >= 4 is 11.3 Å². The molecule has 0 spiro atoms. The minimum absolute atomic E-state index is 0.0519. The fourth-order valence-corrected chi connectivity index (χ4v) is 2.17. The van der Waals surface area contributed by atoms with Gasteiger partial charge in [0.1, 0.15) is 11.5 Å². The first-order valence-electron chi connectivity index (χ1n) is 6.60. The highest BCUT2D eigenvalue weighted by Crippen LogP contribution is 2.20. The van der Waals surface area contributed by atoms with Gasteiger partial charge in [-0.1, -0.05) is 6.07 Å². The van der Waals surface area contributed by atoms with E-state index in [-0.39, 0.29) is 17.8 Å². The molecule has 0 fully saturated rings. The molecule has 22 heavy (non-hydrogen) atoms. The summed E-state index contributed by atoms with van der Waals surface area (Å²) in [5, 5.41) is 19.4. The van der Waals surface area contributed by atoms with Gasteiger partial charge in [-0.15, -0.1) is 10.2 Å². The molecule has 0 aliphatic rings. The van der Waals surface area contributed by atoms with Crippen molar-refractivity contribution in [2.24, 2.45) is 0 Å². The van der Waals surface area contributed by atoms with E-state index in [1.807, 2.05) is 28.8 Å². The van der Waals surface area contributed by atoms with Crippen LogP contribution in [0.3, 0.4) is 0 Å². The second-order valence-electron chi connectivity index (χ2n) is 4.65. The molecule has 0 aliphatic heterocycles. The van der Waals surface area contributed by atoms with Crippen LogP contribution >= 0.6 is 0 Å². The number of halogens is 2. The van der Waals surface area contributed by atoms with Crippen molar-refractivity contribution < 1.29 is 8.78 Å². The molecule has 1 N–H and O–H groups in total. The SMILES string of the molecule is N#Cc1cc(F)c(NCCc2nnc3ccccn23)c(F)c1. The smallest absolute Gasteiger partial charge is 0.160 e. The first-order valence-corrected chi connectivity index (χ1v) is 6.60. The zero-order valence-electron chi connectivity index (χ0n) is 11.4. The van der Waals surface area contributed by atoms with Crippen LogP contribution in [0.2, 0.25) is 0 Å². The molecular formula is C15H11F2N5. The van der Waals surface area contributed by atoms with Gasteiger partial charge in [0.25, 0.3) is 0 Å². The van der Waals surface area contributed by atoms with Gasteiger partial charge in [-0.3, -0.25) is 4.40 Å². The molecule has 3 rings (SSSR count). The Bertz CT molecular complexity index is 843. The van der Waals surface area contributed by atoms with Gasteiger partial charge in [0.2, 0.25) is 0 Å². The number of fused-ring (bicyclic) bond motifs is 1. The lowest BCUT2D eigenvalue weighted by Gasteiger charge is -2.08. The molecule has 5 nitrogen and oxygen atoms in total. The Balaban J connectivity index is 1.73. The average Bonchev–Trinajstić information content (AvgIpc) is 2.93. The van der Waals surface area contributed by atoms with Crippen LogP contribution in [0.25, 0.3) is 5.65 Å². The minimum Gasteiger partial charge on any atom is -0.380 e. The van der Waals surface area contributed by atoms with E-state index >= 15 is 0 Å². The monoisotopic (exact) mass is 299 g/mol. The number of nitrogens with zero attached hydrogens (tertiary/aromatic N) is 4. The molecule has 110 valence electrons. The quantitative estimate of drug-likeness (QED) is 0.804. The molecule has 0 atom stereocenters. The van der Waals surface area contributed by atoms with Crippen LogP contribution in [-0.4, -0.2) is 21.1 Å². The Morgan fingerprint density at radius 3 is 2.68 bits per heavy atom. The fourth-order valence-electron chi connectivity index (χ4n) is 2.17. The number of nitrogens with one attached hydrogen (secondary N) is 1. The third-order valence-corrected chi connectivity index (χ3v) is 3.21. The fraction of sp³-hybridized carbons (Fsp3) is 0.133. The maximum absolute atomic E-state index is 13.7. The number of hydrogen-bond donors (Lipinski definition) is 1.